The zero-order valence-electron chi connectivity index (χ0n) is 8.25. The van der Waals surface area contributed by atoms with Gasteiger partial charge in [-0.05, 0) is 18.8 Å². The Morgan fingerprint density at radius 1 is 1.25 bits per heavy atom. The Labute approximate surface area is 75.2 Å². The lowest BCUT2D eigenvalue weighted by atomic mass is 9.94. The van der Waals surface area contributed by atoms with E-state index in [4.69, 9.17) is 0 Å². The first-order valence-corrected chi connectivity index (χ1v) is 5.72. The maximum atomic E-state index is 11.1. The molecule has 0 aliphatic rings. The zero-order valence-corrected chi connectivity index (χ0v) is 9.07. The Morgan fingerprint density at radius 2 is 1.75 bits per heavy atom. The molecule has 0 saturated carbocycles. The molecule has 0 bridgehead atoms. The van der Waals surface area contributed by atoms with Crippen LogP contribution in [0.2, 0.25) is 0 Å². The van der Waals surface area contributed by atoms with Crippen LogP contribution < -0.4 is 0 Å². The topological polar surface area (TPSA) is 43.4 Å². The van der Waals surface area contributed by atoms with Crippen LogP contribution in [0, 0.1) is 5.41 Å². The molecule has 0 aliphatic carbocycles. The summed E-state index contributed by atoms with van der Waals surface area (Å²) in [5.41, 5.74) is 0.0458. The van der Waals surface area contributed by atoms with Crippen molar-refractivity contribution < 1.29 is 12.6 Å². The summed E-state index contributed by atoms with van der Waals surface area (Å²) in [6, 6.07) is 0. The fourth-order valence-corrected chi connectivity index (χ4v) is 2.01. The van der Waals surface area contributed by atoms with Crippen molar-refractivity contribution in [1.29, 1.82) is 0 Å². The molecule has 4 heteroatoms. The monoisotopic (exact) mass is 194 g/mol. The summed E-state index contributed by atoms with van der Waals surface area (Å²) in [7, 11) is -3.26. The van der Waals surface area contributed by atoms with Crippen LogP contribution in [0.1, 0.15) is 34.1 Å². The van der Waals surface area contributed by atoms with Crippen molar-refractivity contribution >= 4 is 10.1 Å². The summed E-state index contributed by atoms with van der Waals surface area (Å²) in [6.45, 7) is 7.93. The maximum Gasteiger partial charge on any atom is 0.267 e. The highest BCUT2D eigenvalue weighted by molar-refractivity contribution is 7.86. The summed E-state index contributed by atoms with van der Waals surface area (Å²) >= 11 is 0. The molecule has 0 spiro atoms. The summed E-state index contributed by atoms with van der Waals surface area (Å²) in [6.07, 6.45) is 0.634. The minimum absolute atomic E-state index is 0.0458. The number of hydrogen-bond acceptors (Lipinski definition) is 3. The van der Waals surface area contributed by atoms with Crippen molar-refractivity contribution in [2.75, 3.05) is 12.4 Å². The summed E-state index contributed by atoms with van der Waals surface area (Å²) in [5, 5.41) is 0. The third-order valence-electron chi connectivity index (χ3n) is 1.40. The largest absolute Gasteiger partial charge is 0.270 e. The lowest BCUT2D eigenvalue weighted by molar-refractivity contribution is 0.327. The quantitative estimate of drug-likeness (QED) is 0.641. The molecule has 0 atom stereocenters. The summed E-state index contributed by atoms with van der Waals surface area (Å²) in [5.74, 6) is 0.115. The van der Waals surface area contributed by atoms with Crippen LogP contribution in [0.15, 0.2) is 0 Å². The van der Waals surface area contributed by atoms with E-state index < -0.39 is 10.1 Å². The SMILES string of the molecule is CCOS(=O)(=O)CCC(C)(C)C. The highest BCUT2D eigenvalue weighted by Gasteiger charge is 2.17. The Kier molecular flexibility index (Phi) is 4.20. The molecule has 0 fully saturated rings. The molecule has 0 saturated heterocycles. The van der Waals surface area contributed by atoms with Crippen LogP contribution in [-0.4, -0.2) is 20.8 Å². The van der Waals surface area contributed by atoms with Gasteiger partial charge in [0.25, 0.3) is 10.1 Å². The van der Waals surface area contributed by atoms with E-state index in [0.717, 1.165) is 0 Å². The molecule has 0 amide bonds. The van der Waals surface area contributed by atoms with Crippen LogP contribution in [0.5, 0.6) is 0 Å². The van der Waals surface area contributed by atoms with Gasteiger partial charge in [0.05, 0.1) is 12.4 Å². The molecule has 12 heavy (non-hydrogen) atoms. The van der Waals surface area contributed by atoms with Gasteiger partial charge >= 0.3 is 0 Å². The van der Waals surface area contributed by atoms with E-state index in [1.54, 1.807) is 6.92 Å². The van der Waals surface area contributed by atoms with Gasteiger partial charge in [0.15, 0.2) is 0 Å². The molecular weight excluding hydrogens is 176 g/mol. The van der Waals surface area contributed by atoms with Crippen LogP contribution >= 0.6 is 0 Å². The van der Waals surface area contributed by atoms with E-state index in [-0.39, 0.29) is 17.8 Å². The van der Waals surface area contributed by atoms with Crippen molar-refractivity contribution in [3.05, 3.63) is 0 Å². The van der Waals surface area contributed by atoms with Gasteiger partial charge < -0.3 is 0 Å². The molecule has 0 aromatic rings. The van der Waals surface area contributed by atoms with Crippen molar-refractivity contribution in [3.63, 3.8) is 0 Å². The second kappa shape index (κ2) is 4.23. The van der Waals surface area contributed by atoms with Gasteiger partial charge in [-0.25, -0.2) is 0 Å². The van der Waals surface area contributed by atoms with Gasteiger partial charge in [-0.15, -0.1) is 0 Å². The molecule has 0 unspecified atom stereocenters. The van der Waals surface area contributed by atoms with Gasteiger partial charge in [-0.3, -0.25) is 4.18 Å². The van der Waals surface area contributed by atoms with E-state index in [0.29, 0.717) is 6.42 Å². The molecule has 0 radical (unpaired) electrons. The Morgan fingerprint density at radius 3 is 2.08 bits per heavy atom. The molecule has 0 N–H and O–H groups in total. The molecule has 0 rings (SSSR count). The lowest BCUT2D eigenvalue weighted by Crippen LogP contribution is -2.16. The first-order chi connectivity index (χ1) is 5.27. The van der Waals surface area contributed by atoms with E-state index in [1.807, 2.05) is 20.8 Å². The van der Waals surface area contributed by atoms with Crippen LogP contribution in [0.3, 0.4) is 0 Å². The predicted molar refractivity (Wildman–Crippen MR) is 49.5 cm³/mol. The van der Waals surface area contributed by atoms with Gasteiger partial charge in [0.2, 0.25) is 0 Å². The molecule has 3 nitrogen and oxygen atoms in total. The molecule has 74 valence electrons. The van der Waals surface area contributed by atoms with E-state index in [1.165, 1.54) is 0 Å². The normalized spacial score (nSPS) is 13.3. The van der Waals surface area contributed by atoms with Crippen molar-refractivity contribution in [1.82, 2.24) is 0 Å². The van der Waals surface area contributed by atoms with Gasteiger partial charge in [-0.2, -0.15) is 8.42 Å². The smallest absolute Gasteiger partial charge is 0.267 e. The van der Waals surface area contributed by atoms with Crippen molar-refractivity contribution in [3.8, 4) is 0 Å². The molecule has 0 heterocycles. The first kappa shape index (κ1) is 11.9. The standard InChI is InChI=1S/C8H18O3S/c1-5-11-12(9,10)7-6-8(2,3)4/h5-7H2,1-4H3. The zero-order chi connectivity index (χ0) is 9.83. The predicted octanol–water partition coefficient (Wildman–Crippen LogP) is 1.79. The van der Waals surface area contributed by atoms with E-state index >= 15 is 0 Å². The Bertz CT molecular complexity index is 211. The Hall–Kier alpha value is -0.0900. The highest BCUT2D eigenvalue weighted by Crippen LogP contribution is 2.19. The van der Waals surface area contributed by atoms with Gasteiger partial charge in [0, 0.05) is 0 Å². The van der Waals surface area contributed by atoms with Crippen LogP contribution in [-0.2, 0) is 14.3 Å². The minimum atomic E-state index is -3.26. The van der Waals surface area contributed by atoms with E-state index in [9.17, 15) is 8.42 Å². The molecule has 0 aliphatic heterocycles. The molecule has 0 aromatic heterocycles. The number of rotatable bonds is 4. The van der Waals surface area contributed by atoms with Crippen molar-refractivity contribution in [2.45, 2.75) is 34.1 Å². The van der Waals surface area contributed by atoms with Crippen LogP contribution in [0.25, 0.3) is 0 Å². The number of hydrogen-bond donors (Lipinski definition) is 0. The van der Waals surface area contributed by atoms with Crippen LogP contribution in [0.4, 0.5) is 0 Å². The third kappa shape index (κ3) is 6.61. The summed E-state index contributed by atoms with van der Waals surface area (Å²) < 4.78 is 26.7. The third-order valence-corrected chi connectivity index (χ3v) is 2.70. The second-order valence-electron chi connectivity index (χ2n) is 3.98. The minimum Gasteiger partial charge on any atom is -0.270 e. The van der Waals surface area contributed by atoms with E-state index in [2.05, 4.69) is 4.18 Å². The van der Waals surface area contributed by atoms with Gasteiger partial charge in [-0.1, -0.05) is 20.8 Å². The fraction of sp³-hybridized carbons (Fsp3) is 1.00. The Balaban J connectivity index is 3.94. The maximum absolute atomic E-state index is 11.1. The fourth-order valence-electron chi connectivity index (χ4n) is 0.670. The molecular formula is C8H18O3S. The lowest BCUT2D eigenvalue weighted by Gasteiger charge is -2.17. The summed E-state index contributed by atoms with van der Waals surface area (Å²) in [4.78, 5) is 0. The average Bonchev–Trinajstić information content (AvgIpc) is 1.83. The van der Waals surface area contributed by atoms with Crippen molar-refractivity contribution in [2.24, 2.45) is 5.41 Å². The first-order valence-electron chi connectivity index (χ1n) is 4.14. The van der Waals surface area contributed by atoms with Gasteiger partial charge in [0.1, 0.15) is 0 Å². The highest BCUT2D eigenvalue weighted by atomic mass is 32.2. The second-order valence-corrected chi connectivity index (χ2v) is 5.74. The average molecular weight is 194 g/mol. The molecule has 0 aromatic carbocycles.